The van der Waals surface area contributed by atoms with E-state index in [9.17, 15) is 9.59 Å². The van der Waals surface area contributed by atoms with Crippen molar-refractivity contribution in [3.8, 4) is 0 Å². The van der Waals surface area contributed by atoms with Gasteiger partial charge in [0.15, 0.2) is 0 Å². The smallest absolute Gasteiger partial charge is 0.251 e. The maximum Gasteiger partial charge on any atom is 0.251 e. The van der Waals surface area contributed by atoms with Crippen molar-refractivity contribution in [2.24, 2.45) is 0 Å². The van der Waals surface area contributed by atoms with Gasteiger partial charge in [0.05, 0.1) is 6.54 Å². The maximum absolute atomic E-state index is 12.2. The molecule has 0 aromatic heterocycles. The number of rotatable bonds is 6. The van der Waals surface area contributed by atoms with Gasteiger partial charge in [-0.15, -0.1) is 0 Å². The molecule has 0 radical (unpaired) electrons. The van der Waals surface area contributed by atoms with Gasteiger partial charge in [0.1, 0.15) is 0 Å². The molecule has 0 unspecified atom stereocenters. The monoisotopic (exact) mass is 351 g/mol. The number of piperidine rings is 1. The summed E-state index contributed by atoms with van der Waals surface area (Å²) in [6.45, 7) is 2.60. The molecule has 1 fully saturated rings. The first-order valence-corrected chi connectivity index (χ1v) is 9.09. The Kier molecular flexibility index (Phi) is 6.39. The Bertz CT molecular complexity index is 711. The van der Waals surface area contributed by atoms with Crippen molar-refractivity contribution in [2.75, 3.05) is 19.6 Å². The summed E-state index contributed by atoms with van der Waals surface area (Å²) in [5.41, 5.74) is 1.79. The number of amides is 2. The van der Waals surface area contributed by atoms with Crippen LogP contribution in [0.2, 0.25) is 0 Å². The Hall–Kier alpha value is -2.66. The molecule has 2 aromatic rings. The molecule has 2 amide bonds. The van der Waals surface area contributed by atoms with Crippen LogP contribution in [-0.4, -0.2) is 42.4 Å². The predicted molar refractivity (Wildman–Crippen MR) is 102 cm³/mol. The average Bonchev–Trinajstić information content (AvgIpc) is 2.69. The highest BCUT2D eigenvalue weighted by Crippen LogP contribution is 2.11. The Morgan fingerprint density at radius 3 is 2.19 bits per heavy atom. The second-order valence-corrected chi connectivity index (χ2v) is 6.65. The molecule has 0 atom stereocenters. The molecule has 2 N–H and O–H groups in total. The Labute approximate surface area is 154 Å². The molecule has 1 heterocycles. The summed E-state index contributed by atoms with van der Waals surface area (Å²) in [6, 6.07) is 19.4. The fourth-order valence-electron chi connectivity index (χ4n) is 3.15. The molecule has 2 aromatic carbocycles. The largest absolute Gasteiger partial charge is 0.351 e. The summed E-state index contributed by atoms with van der Waals surface area (Å²) in [6.07, 6.45) is 1.73. The molecule has 26 heavy (non-hydrogen) atoms. The number of nitrogens with one attached hydrogen (secondary N) is 2. The van der Waals surface area contributed by atoms with E-state index >= 15 is 0 Å². The molecule has 1 saturated heterocycles. The summed E-state index contributed by atoms with van der Waals surface area (Å²) in [4.78, 5) is 26.5. The lowest BCUT2D eigenvalue weighted by Gasteiger charge is -2.31. The molecule has 0 aliphatic carbocycles. The normalized spacial score (nSPS) is 15.4. The zero-order chi connectivity index (χ0) is 18.2. The number of carbonyl (C=O) groups excluding carboxylic acids is 2. The van der Waals surface area contributed by atoms with Crippen LogP contribution in [-0.2, 0) is 11.3 Å². The quantitative estimate of drug-likeness (QED) is 0.839. The van der Waals surface area contributed by atoms with E-state index in [4.69, 9.17) is 0 Å². The lowest BCUT2D eigenvalue weighted by atomic mass is 10.0. The van der Waals surface area contributed by atoms with Gasteiger partial charge in [0.25, 0.3) is 5.91 Å². The highest BCUT2D eigenvalue weighted by Gasteiger charge is 2.22. The van der Waals surface area contributed by atoms with E-state index in [2.05, 4.69) is 15.5 Å². The van der Waals surface area contributed by atoms with Gasteiger partial charge in [-0.25, -0.2) is 0 Å². The molecule has 0 saturated carbocycles. The fraction of sp³-hybridized carbons (Fsp3) is 0.333. The second kappa shape index (κ2) is 9.15. The first kappa shape index (κ1) is 18.1. The molecular weight excluding hydrogens is 326 g/mol. The van der Waals surface area contributed by atoms with E-state index < -0.39 is 0 Å². The van der Waals surface area contributed by atoms with Gasteiger partial charge >= 0.3 is 0 Å². The van der Waals surface area contributed by atoms with E-state index in [1.54, 1.807) is 0 Å². The molecule has 0 spiro atoms. The molecular formula is C21H25N3O2. The van der Waals surface area contributed by atoms with Crippen LogP contribution in [0.15, 0.2) is 60.7 Å². The van der Waals surface area contributed by atoms with E-state index in [0.29, 0.717) is 18.7 Å². The number of hydrogen-bond donors (Lipinski definition) is 2. The van der Waals surface area contributed by atoms with Crippen molar-refractivity contribution in [1.29, 1.82) is 0 Å². The van der Waals surface area contributed by atoms with Crippen LogP contribution >= 0.6 is 0 Å². The Balaban J connectivity index is 1.37. The van der Waals surface area contributed by atoms with Crippen LogP contribution in [0.1, 0.15) is 28.8 Å². The van der Waals surface area contributed by atoms with Gasteiger partial charge in [-0.3, -0.25) is 14.5 Å². The fourth-order valence-corrected chi connectivity index (χ4v) is 3.15. The number of hydrogen-bond acceptors (Lipinski definition) is 3. The third-order valence-electron chi connectivity index (χ3n) is 4.66. The van der Waals surface area contributed by atoms with Crippen molar-refractivity contribution in [1.82, 2.24) is 15.5 Å². The molecule has 1 aliphatic heterocycles. The van der Waals surface area contributed by atoms with Crippen molar-refractivity contribution in [3.05, 3.63) is 71.8 Å². The van der Waals surface area contributed by atoms with Gasteiger partial charge in [0, 0.05) is 31.2 Å². The minimum absolute atomic E-state index is 0.0235. The first-order chi connectivity index (χ1) is 12.7. The minimum atomic E-state index is -0.0235. The average molecular weight is 351 g/mol. The summed E-state index contributed by atoms with van der Waals surface area (Å²) in [7, 11) is 0. The first-order valence-electron chi connectivity index (χ1n) is 9.09. The van der Waals surface area contributed by atoms with Crippen LogP contribution in [0.25, 0.3) is 0 Å². The van der Waals surface area contributed by atoms with E-state index in [1.807, 2.05) is 60.7 Å². The topological polar surface area (TPSA) is 61.4 Å². The van der Waals surface area contributed by atoms with Gasteiger partial charge in [-0.2, -0.15) is 0 Å². The maximum atomic E-state index is 12.2. The third kappa shape index (κ3) is 5.43. The molecule has 5 nitrogen and oxygen atoms in total. The van der Waals surface area contributed by atoms with Crippen LogP contribution < -0.4 is 10.6 Å². The minimum Gasteiger partial charge on any atom is -0.351 e. The number of nitrogens with zero attached hydrogens (tertiary/aromatic N) is 1. The van der Waals surface area contributed by atoms with Gasteiger partial charge in [-0.1, -0.05) is 48.5 Å². The van der Waals surface area contributed by atoms with Crippen molar-refractivity contribution in [2.45, 2.75) is 25.4 Å². The second-order valence-electron chi connectivity index (χ2n) is 6.65. The Morgan fingerprint density at radius 2 is 1.54 bits per heavy atom. The van der Waals surface area contributed by atoms with Crippen LogP contribution in [0, 0.1) is 0 Å². The highest BCUT2D eigenvalue weighted by atomic mass is 16.2. The summed E-state index contributed by atoms with van der Waals surface area (Å²) in [5.74, 6) is 0.0188. The number of likely N-dealkylation sites (tertiary alicyclic amines) is 1. The standard InChI is InChI=1S/C21H25N3O2/c25-20(22-15-17-7-3-1-4-8-17)16-24-13-11-19(12-14-24)23-21(26)18-9-5-2-6-10-18/h1-10,19H,11-16H2,(H,22,25)(H,23,26). The zero-order valence-corrected chi connectivity index (χ0v) is 14.9. The van der Waals surface area contributed by atoms with E-state index in [1.165, 1.54) is 0 Å². The Morgan fingerprint density at radius 1 is 0.923 bits per heavy atom. The molecule has 136 valence electrons. The number of carbonyl (C=O) groups is 2. The van der Waals surface area contributed by atoms with Crippen molar-refractivity contribution < 1.29 is 9.59 Å². The van der Waals surface area contributed by atoms with Crippen molar-refractivity contribution >= 4 is 11.8 Å². The van der Waals surface area contributed by atoms with Gasteiger partial charge in [-0.05, 0) is 30.5 Å². The van der Waals surface area contributed by atoms with E-state index in [-0.39, 0.29) is 17.9 Å². The molecule has 1 aliphatic rings. The summed E-state index contributed by atoms with van der Waals surface area (Å²) in [5, 5.41) is 6.05. The van der Waals surface area contributed by atoms with Gasteiger partial charge < -0.3 is 10.6 Å². The van der Waals surface area contributed by atoms with Crippen LogP contribution in [0.3, 0.4) is 0 Å². The summed E-state index contributed by atoms with van der Waals surface area (Å²) < 4.78 is 0. The lowest BCUT2D eigenvalue weighted by Crippen LogP contribution is -2.47. The van der Waals surface area contributed by atoms with Gasteiger partial charge in [0.2, 0.25) is 5.91 Å². The predicted octanol–water partition coefficient (Wildman–Crippen LogP) is 2.20. The third-order valence-corrected chi connectivity index (χ3v) is 4.66. The van der Waals surface area contributed by atoms with E-state index in [0.717, 1.165) is 31.5 Å². The molecule has 0 bridgehead atoms. The summed E-state index contributed by atoms with van der Waals surface area (Å²) >= 11 is 0. The van der Waals surface area contributed by atoms with Crippen LogP contribution in [0.4, 0.5) is 0 Å². The number of benzene rings is 2. The SMILES string of the molecule is O=C(CN1CCC(NC(=O)c2ccccc2)CC1)NCc1ccccc1. The zero-order valence-electron chi connectivity index (χ0n) is 14.9. The van der Waals surface area contributed by atoms with Crippen molar-refractivity contribution in [3.63, 3.8) is 0 Å². The highest BCUT2D eigenvalue weighted by molar-refractivity contribution is 5.94. The lowest BCUT2D eigenvalue weighted by molar-refractivity contribution is -0.122. The van der Waals surface area contributed by atoms with Crippen LogP contribution in [0.5, 0.6) is 0 Å². The molecule has 3 rings (SSSR count). The molecule has 5 heteroatoms.